The third-order valence-corrected chi connectivity index (χ3v) is 2.74. The van der Waals surface area contributed by atoms with E-state index in [2.05, 4.69) is 4.98 Å². The number of nitrogens with one attached hydrogen (secondary N) is 1. The number of aromatic nitrogens is 2. The van der Waals surface area contributed by atoms with Crippen LogP contribution in [-0.2, 0) is 6.54 Å². The van der Waals surface area contributed by atoms with Crippen LogP contribution < -0.4 is 10.5 Å². The van der Waals surface area contributed by atoms with Crippen molar-refractivity contribution in [1.29, 1.82) is 10.7 Å². The number of hydrogen-bond donors (Lipinski definition) is 2. The third kappa shape index (κ3) is 2.55. The van der Waals surface area contributed by atoms with Gasteiger partial charge in [-0.25, -0.2) is 4.98 Å². The number of nitrogens with two attached hydrogens (primary N) is 1. The largest absolute Gasteiger partial charge is 0.497 e. The van der Waals surface area contributed by atoms with E-state index in [1.165, 1.54) is 6.33 Å². The van der Waals surface area contributed by atoms with Crippen molar-refractivity contribution < 1.29 is 4.74 Å². The van der Waals surface area contributed by atoms with Gasteiger partial charge in [0, 0.05) is 0 Å². The summed E-state index contributed by atoms with van der Waals surface area (Å²) in [5, 5.41) is 16.1. The van der Waals surface area contributed by atoms with Gasteiger partial charge in [-0.15, -0.1) is 0 Å². The first-order chi connectivity index (χ1) is 9.15. The fraction of sp³-hybridized carbons (Fsp3) is 0.154. The Kier molecular flexibility index (Phi) is 3.48. The molecule has 19 heavy (non-hydrogen) atoms. The maximum Gasteiger partial charge on any atom is 0.161 e. The Bertz CT molecular complexity index is 636. The highest BCUT2D eigenvalue weighted by Gasteiger charge is 2.12. The molecule has 1 aromatic carbocycles. The molecule has 0 radical (unpaired) electrons. The first kappa shape index (κ1) is 12.6. The molecule has 0 fully saturated rings. The van der Waals surface area contributed by atoms with Crippen molar-refractivity contribution in [3.05, 3.63) is 41.9 Å². The van der Waals surface area contributed by atoms with Gasteiger partial charge in [-0.05, 0) is 17.7 Å². The van der Waals surface area contributed by atoms with E-state index in [1.54, 1.807) is 17.7 Å². The van der Waals surface area contributed by atoms with Crippen molar-refractivity contribution in [2.75, 3.05) is 12.8 Å². The molecule has 0 aliphatic rings. The van der Waals surface area contributed by atoms with Gasteiger partial charge in [-0.3, -0.25) is 5.41 Å². The predicted molar refractivity (Wildman–Crippen MR) is 71.2 cm³/mol. The Balaban J connectivity index is 2.22. The Morgan fingerprint density at radius 1 is 1.47 bits per heavy atom. The number of nitrogen functional groups attached to an aromatic ring is 1. The van der Waals surface area contributed by atoms with Gasteiger partial charge in [0.05, 0.1) is 20.0 Å². The minimum atomic E-state index is -0.231. The Labute approximate surface area is 110 Å². The number of hydrogen-bond acceptors (Lipinski definition) is 5. The highest BCUT2D eigenvalue weighted by atomic mass is 16.5. The summed E-state index contributed by atoms with van der Waals surface area (Å²) in [5.74, 6) is 1.11. The van der Waals surface area contributed by atoms with Gasteiger partial charge in [0.25, 0.3) is 0 Å². The fourth-order valence-corrected chi connectivity index (χ4v) is 1.69. The molecule has 96 valence electrons. The zero-order valence-electron chi connectivity index (χ0n) is 10.4. The topological polar surface area (TPSA) is 101 Å². The Morgan fingerprint density at radius 2 is 2.16 bits per heavy atom. The molecule has 0 aliphatic carbocycles. The van der Waals surface area contributed by atoms with Gasteiger partial charge in [0.15, 0.2) is 5.71 Å². The summed E-state index contributed by atoms with van der Waals surface area (Å²) in [4.78, 5) is 3.98. The second kappa shape index (κ2) is 5.23. The van der Waals surface area contributed by atoms with Crippen LogP contribution in [-0.4, -0.2) is 22.4 Å². The molecule has 1 heterocycles. The molecule has 2 rings (SSSR count). The minimum Gasteiger partial charge on any atom is -0.497 e. The van der Waals surface area contributed by atoms with Crippen LogP contribution in [0.3, 0.4) is 0 Å². The number of imidazole rings is 1. The lowest BCUT2D eigenvalue weighted by molar-refractivity contribution is 0.414. The first-order valence-corrected chi connectivity index (χ1v) is 5.58. The number of ether oxygens (including phenoxy) is 1. The second-order valence-electron chi connectivity index (χ2n) is 3.94. The molecule has 0 atom stereocenters. The third-order valence-electron chi connectivity index (χ3n) is 2.74. The number of rotatable bonds is 4. The zero-order chi connectivity index (χ0) is 13.8. The van der Waals surface area contributed by atoms with Crippen LogP contribution in [0.15, 0.2) is 30.6 Å². The smallest absolute Gasteiger partial charge is 0.161 e. The summed E-state index contributed by atoms with van der Waals surface area (Å²) in [7, 11) is 1.61. The highest BCUT2D eigenvalue weighted by molar-refractivity contribution is 6.10. The molecule has 6 nitrogen and oxygen atoms in total. The molecule has 0 spiro atoms. The number of methoxy groups -OCH3 is 1. The van der Waals surface area contributed by atoms with Crippen molar-refractivity contribution in [3.63, 3.8) is 0 Å². The molecule has 0 saturated carbocycles. The maximum absolute atomic E-state index is 8.68. The maximum atomic E-state index is 8.68. The molecule has 0 aliphatic heterocycles. The first-order valence-electron chi connectivity index (χ1n) is 5.58. The molecular weight excluding hydrogens is 242 g/mol. The van der Waals surface area contributed by atoms with Crippen LogP contribution in [0, 0.1) is 16.7 Å². The summed E-state index contributed by atoms with van der Waals surface area (Å²) in [6.07, 6.45) is 1.53. The van der Waals surface area contributed by atoms with Gasteiger partial charge >= 0.3 is 0 Å². The summed E-state index contributed by atoms with van der Waals surface area (Å²) < 4.78 is 6.78. The summed E-state index contributed by atoms with van der Waals surface area (Å²) in [5.41, 5.74) is 6.88. The van der Waals surface area contributed by atoms with E-state index in [1.807, 2.05) is 24.3 Å². The summed E-state index contributed by atoms with van der Waals surface area (Å²) in [6.45, 7) is 0.529. The number of benzene rings is 1. The summed E-state index contributed by atoms with van der Waals surface area (Å²) >= 11 is 0. The fourth-order valence-electron chi connectivity index (χ4n) is 1.69. The van der Waals surface area contributed by atoms with E-state index < -0.39 is 0 Å². The highest BCUT2D eigenvalue weighted by Crippen LogP contribution is 2.16. The molecule has 0 amide bonds. The number of nitriles is 1. The van der Waals surface area contributed by atoms with Crippen molar-refractivity contribution in [1.82, 2.24) is 9.55 Å². The van der Waals surface area contributed by atoms with Crippen molar-refractivity contribution >= 4 is 11.5 Å². The van der Waals surface area contributed by atoms with Gasteiger partial charge < -0.3 is 15.0 Å². The van der Waals surface area contributed by atoms with E-state index in [9.17, 15) is 0 Å². The van der Waals surface area contributed by atoms with Crippen LogP contribution >= 0.6 is 0 Å². The van der Waals surface area contributed by atoms with Crippen molar-refractivity contribution in [2.45, 2.75) is 6.54 Å². The molecular formula is C13H13N5O. The Morgan fingerprint density at radius 3 is 2.74 bits per heavy atom. The van der Waals surface area contributed by atoms with Crippen LogP contribution in [0.1, 0.15) is 11.3 Å². The van der Waals surface area contributed by atoms with E-state index in [4.69, 9.17) is 21.1 Å². The molecule has 1 aromatic heterocycles. The van der Waals surface area contributed by atoms with Gasteiger partial charge in [0.1, 0.15) is 23.3 Å². The van der Waals surface area contributed by atoms with Gasteiger partial charge in [-0.1, -0.05) is 12.1 Å². The van der Waals surface area contributed by atoms with Gasteiger partial charge in [-0.2, -0.15) is 5.26 Å². The lowest BCUT2D eigenvalue weighted by Gasteiger charge is -2.06. The number of nitrogens with zero attached hydrogens (tertiary/aromatic N) is 3. The zero-order valence-corrected chi connectivity index (χ0v) is 10.4. The average molecular weight is 255 g/mol. The molecule has 6 heteroatoms. The van der Waals surface area contributed by atoms with Gasteiger partial charge in [0.2, 0.25) is 0 Å². The van der Waals surface area contributed by atoms with Crippen LogP contribution in [0.25, 0.3) is 0 Å². The molecule has 0 unspecified atom stereocenters. The van der Waals surface area contributed by atoms with E-state index in [-0.39, 0.29) is 11.4 Å². The minimum absolute atomic E-state index is 0.219. The lowest BCUT2D eigenvalue weighted by atomic mass is 10.2. The molecule has 0 bridgehead atoms. The van der Waals surface area contributed by atoms with E-state index >= 15 is 0 Å². The van der Waals surface area contributed by atoms with E-state index in [0.717, 1.165) is 11.3 Å². The Hall–Kier alpha value is -2.81. The quantitative estimate of drug-likeness (QED) is 0.806. The normalized spacial score (nSPS) is 9.89. The van der Waals surface area contributed by atoms with Crippen molar-refractivity contribution in [3.8, 4) is 11.8 Å². The molecule has 0 saturated heterocycles. The lowest BCUT2D eigenvalue weighted by Crippen LogP contribution is -2.06. The molecule has 3 N–H and O–H groups in total. The van der Waals surface area contributed by atoms with Crippen LogP contribution in [0.2, 0.25) is 0 Å². The second-order valence-corrected chi connectivity index (χ2v) is 3.94. The standard InChI is InChI=1S/C13H13N5O/c1-19-10-4-2-9(3-5-10)7-18-8-17-12(13(18)16)11(15)6-14/h2-5,8,15H,7,16H2,1H3. The SMILES string of the molecule is COc1ccc(Cn2cnc(C(=N)C#N)c2N)cc1. The predicted octanol–water partition coefficient (Wildman–Crippen LogP) is 1.41. The van der Waals surface area contributed by atoms with Crippen molar-refractivity contribution in [2.24, 2.45) is 0 Å². The average Bonchev–Trinajstić information content (AvgIpc) is 2.80. The summed E-state index contributed by atoms with van der Waals surface area (Å²) in [6, 6.07) is 9.30. The molecule has 2 aromatic rings. The number of anilines is 1. The van der Waals surface area contributed by atoms with Crippen LogP contribution in [0.5, 0.6) is 5.75 Å². The monoisotopic (exact) mass is 255 g/mol. The van der Waals surface area contributed by atoms with E-state index in [0.29, 0.717) is 12.4 Å². The van der Waals surface area contributed by atoms with Crippen LogP contribution in [0.4, 0.5) is 5.82 Å².